The van der Waals surface area contributed by atoms with Crippen LogP contribution in [0.2, 0.25) is 5.02 Å². The van der Waals surface area contributed by atoms with Crippen LogP contribution in [0.1, 0.15) is 28.6 Å². The number of amides is 1. The number of nitrogens with one attached hydrogen (secondary N) is 1. The van der Waals surface area contributed by atoms with Gasteiger partial charge in [0, 0.05) is 28.6 Å². The maximum atomic E-state index is 12.4. The Morgan fingerprint density at radius 3 is 2.29 bits per heavy atom. The zero-order valence-corrected chi connectivity index (χ0v) is 16.1. The fraction of sp³-hybridized carbons (Fsp3) is 0.182. The Hall–Kier alpha value is -3.05. The van der Waals surface area contributed by atoms with E-state index in [2.05, 4.69) is 5.32 Å². The molecule has 3 aromatic rings. The van der Waals surface area contributed by atoms with E-state index in [4.69, 9.17) is 20.8 Å². The van der Waals surface area contributed by atoms with E-state index in [0.29, 0.717) is 28.3 Å². The third-order valence-electron chi connectivity index (χ3n) is 4.09. The summed E-state index contributed by atoms with van der Waals surface area (Å²) in [6.45, 7) is 1.80. The lowest BCUT2D eigenvalue weighted by Gasteiger charge is -2.13. The highest BCUT2D eigenvalue weighted by atomic mass is 35.5. The molecular weight excluding hydrogens is 378 g/mol. The van der Waals surface area contributed by atoms with Crippen LogP contribution in [0, 0.1) is 0 Å². The number of carbonyl (C=O) groups excluding carboxylic acids is 2. The Bertz CT molecular complexity index is 918. The molecule has 0 fully saturated rings. The summed E-state index contributed by atoms with van der Waals surface area (Å²) in [5.41, 5.74) is 1.09. The van der Waals surface area contributed by atoms with E-state index in [1.54, 1.807) is 54.8 Å². The van der Waals surface area contributed by atoms with Gasteiger partial charge in [-0.05, 0) is 67.6 Å². The molecular formula is C22H20ClNO4. The van der Waals surface area contributed by atoms with Gasteiger partial charge in [-0.15, -0.1) is 0 Å². The molecule has 0 aliphatic rings. The average Bonchev–Trinajstić information content (AvgIpc) is 3.19. The van der Waals surface area contributed by atoms with Gasteiger partial charge in [-0.1, -0.05) is 11.6 Å². The summed E-state index contributed by atoms with van der Waals surface area (Å²) in [4.78, 5) is 24.4. The van der Waals surface area contributed by atoms with Gasteiger partial charge in [-0.25, -0.2) is 0 Å². The van der Waals surface area contributed by atoms with Crippen LogP contribution in [0.5, 0.6) is 5.75 Å². The van der Waals surface area contributed by atoms with Gasteiger partial charge in [0.1, 0.15) is 11.5 Å². The minimum Gasteiger partial charge on any atom is -0.484 e. The Morgan fingerprint density at radius 1 is 1.04 bits per heavy atom. The number of ether oxygens (including phenoxy) is 1. The van der Waals surface area contributed by atoms with Crippen molar-refractivity contribution < 1.29 is 18.7 Å². The number of carbonyl (C=O) groups is 2. The normalized spacial score (nSPS) is 11.6. The lowest BCUT2D eigenvalue weighted by Crippen LogP contribution is -2.37. The summed E-state index contributed by atoms with van der Waals surface area (Å²) in [7, 11) is 0. The Balaban J connectivity index is 1.49. The SMILES string of the molecule is CC(Cc1ccco1)NC(=O)COc1ccc(C(=O)c2ccc(Cl)cc2)cc1. The van der Waals surface area contributed by atoms with Crippen molar-refractivity contribution in [2.45, 2.75) is 19.4 Å². The summed E-state index contributed by atoms with van der Waals surface area (Å²) < 4.78 is 10.8. The summed E-state index contributed by atoms with van der Waals surface area (Å²) >= 11 is 5.84. The monoisotopic (exact) mass is 397 g/mol. The van der Waals surface area contributed by atoms with E-state index in [1.807, 2.05) is 19.1 Å². The fourth-order valence-electron chi connectivity index (χ4n) is 2.72. The highest BCUT2D eigenvalue weighted by Gasteiger charge is 2.12. The molecule has 144 valence electrons. The van der Waals surface area contributed by atoms with Gasteiger partial charge in [0.15, 0.2) is 12.4 Å². The molecule has 0 saturated carbocycles. The lowest BCUT2D eigenvalue weighted by atomic mass is 10.0. The first kappa shape index (κ1) is 19.7. The summed E-state index contributed by atoms with van der Waals surface area (Å²) in [6, 6.07) is 17.0. The number of furan rings is 1. The number of benzene rings is 2. The van der Waals surface area contributed by atoms with Gasteiger partial charge < -0.3 is 14.5 Å². The molecule has 2 aromatic carbocycles. The van der Waals surface area contributed by atoms with Gasteiger partial charge in [0.25, 0.3) is 5.91 Å². The molecule has 0 spiro atoms. The predicted molar refractivity (Wildman–Crippen MR) is 107 cm³/mol. The number of hydrogen-bond donors (Lipinski definition) is 1. The Morgan fingerprint density at radius 2 is 1.68 bits per heavy atom. The Kier molecular flexibility index (Phi) is 6.50. The van der Waals surface area contributed by atoms with E-state index in [1.165, 1.54) is 0 Å². The van der Waals surface area contributed by atoms with Crippen molar-refractivity contribution in [1.82, 2.24) is 5.32 Å². The molecule has 1 atom stereocenters. The molecule has 1 heterocycles. The van der Waals surface area contributed by atoms with Gasteiger partial charge >= 0.3 is 0 Å². The van der Waals surface area contributed by atoms with E-state index in [-0.39, 0.29) is 24.3 Å². The molecule has 0 saturated heterocycles. The first-order chi connectivity index (χ1) is 13.5. The van der Waals surface area contributed by atoms with Crippen LogP contribution in [0.3, 0.4) is 0 Å². The minimum absolute atomic E-state index is 0.0679. The standard InChI is InChI=1S/C22H20ClNO4/c1-15(13-20-3-2-12-27-20)24-21(25)14-28-19-10-6-17(7-11-19)22(26)16-4-8-18(23)9-5-16/h2-12,15H,13-14H2,1H3,(H,24,25). The van der Waals surface area contributed by atoms with Gasteiger partial charge in [0.05, 0.1) is 6.26 Å². The second-order valence-corrected chi connectivity index (χ2v) is 6.84. The molecule has 1 N–H and O–H groups in total. The molecule has 6 heteroatoms. The molecule has 5 nitrogen and oxygen atoms in total. The minimum atomic E-state index is -0.222. The number of halogens is 1. The van der Waals surface area contributed by atoms with E-state index >= 15 is 0 Å². The fourth-order valence-corrected chi connectivity index (χ4v) is 2.84. The second kappa shape index (κ2) is 9.24. The number of ketones is 1. The van der Waals surface area contributed by atoms with Crippen molar-refractivity contribution in [3.63, 3.8) is 0 Å². The third kappa shape index (κ3) is 5.47. The van der Waals surface area contributed by atoms with Crippen LogP contribution in [0.4, 0.5) is 0 Å². The largest absolute Gasteiger partial charge is 0.484 e. The number of rotatable bonds is 8. The quantitative estimate of drug-likeness (QED) is 0.576. The second-order valence-electron chi connectivity index (χ2n) is 6.40. The smallest absolute Gasteiger partial charge is 0.258 e. The summed E-state index contributed by atoms with van der Waals surface area (Å²) in [6.07, 6.45) is 2.22. The Labute approximate surface area is 168 Å². The van der Waals surface area contributed by atoms with Crippen LogP contribution in [0.15, 0.2) is 71.3 Å². The molecule has 1 aromatic heterocycles. The molecule has 28 heavy (non-hydrogen) atoms. The third-order valence-corrected chi connectivity index (χ3v) is 4.34. The number of hydrogen-bond acceptors (Lipinski definition) is 4. The van der Waals surface area contributed by atoms with Crippen molar-refractivity contribution in [1.29, 1.82) is 0 Å². The molecule has 0 bridgehead atoms. The average molecular weight is 398 g/mol. The van der Waals surface area contributed by atoms with Crippen LogP contribution >= 0.6 is 11.6 Å². The van der Waals surface area contributed by atoms with Crippen molar-refractivity contribution >= 4 is 23.3 Å². The summed E-state index contributed by atoms with van der Waals surface area (Å²) in [5, 5.41) is 3.44. The van der Waals surface area contributed by atoms with Crippen LogP contribution in [-0.2, 0) is 11.2 Å². The van der Waals surface area contributed by atoms with E-state index < -0.39 is 0 Å². The zero-order valence-electron chi connectivity index (χ0n) is 15.4. The van der Waals surface area contributed by atoms with Crippen molar-refractivity contribution in [3.8, 4) is 5.75 Å². The highest BCUT2D eigenvalue weighted by molar-refractivity contribution is 6.30. The first-order valence-corrected chi connectivity index (χ1v) is 9.24. The van der Waals surface area contributed by atoms with Crippen LogP contribution in [0.25, 0.3) is 0 Å². The molecule has 0 radical (unpaired) electrons. The maximum absolute atomic E-state index is 12.4. The molecule has 0 aliphatic heterocycles. The zero-order chi connectivity index (χ0) is 19.9. The van der Waals surface area contributed by atoms with Crippen molar-refractivity contribution in [2.24, 2.45) is 0 Å². The van der Waals surface area contributed by atoms with E-state index in [0.717, 1.165) is 5.76 Å². The topological polar surface area (TPSA) is 68.5 Å². The molecule has 0 aliphatic carbocycles. The van der Waals surface area contributed by atoms with Crippen LogP contribution < -0.4 is 10.1 Å². The van der Waals surface area contributed by atoms with E-state index in [9.17, 15) is 9.59 Å². The van der Waals surface area contributed by atoms with Crippen LogP contribution in [-0.4, -0.2) is 24.3 Å². The maximum Gasteiger partial charge on any atom is 0.258 e. The molecule has 1 amide bonds. The predicted octanol–water partition coefficient (Wildman–Crippen LogP) is 4.29. The van der Waals surface area contributed by atoms with Gasteiger partial charge in [-0.2, -0.15) is 0 Å². The first-order valence-electron chi connectivity index (χ1n) is 8.86. The molecule has 1 unspecified atom stereocenters. The molecule has 3 rings (SSSR count). The lowest BCUT2D eigenvalue weighted by molar-refractivity contribution is -0.123. The van der Waals surface area contributed by atoms with Crippen molar-refractivity contribution in [2.75, 3.05) is 6.61 Å². The summed E-state index contributed by atoms with van der Waals surface area (Å²) in [5.74, 6) is 1.00. The highest BCUT2D eigenvalue weighted by Crippen LogP contribution is 2.17. The van der Waals surface area contributed by atoms with Crippen molar-refractivity contribution in [3.05, 3.63) is 88.8 Å². The van der Waals surface area contributed by atoms with Gasteiger partial charge in [-0.3, -0.25) is 9.59 Å². The van der Waals surface area contributed by atoms with Gasteiger partial charge in [0.2, 0.25) is 0 Å².